The lowest BCUT2D eigenvalue weighted by Crippen LogP contribution is -1.92. The van der Waals surface area contributed by atoms with Crippen molar-refractivity contribution in [2.24, 2.45) is 0 Å². The first kappa shape index (κ1) is 11.8. The SMILES string of the molecule is COCc1nc(Cc2ccccc2)sc1C#N. The van der Waals surface area contributed by atoms with Crippen molar-refractivity contribution < 1.29 is 4.74 Å². The van der Waals surface area contributed by atoms with Crippen molar-refractivity contribution in [3.63, 3.8) is 0 Å². The monoisotopic (exact) mass is 244 g/mol. The van der Waals surface area contributed by atoms with Crippen molar-refractivity contribution in [1.29, 1.82) is 5.26 Å². The first-order chi connectivity index (χ1) is 8.33. The van der Waals surface area contributed by atoms with Gasteiger partial charge < -0.3 is 4.74 Å². The molecule has 17 heavy (non-hydrogen) atoms. The molecule has 0 aliphatic rings. The summed E-state index contributed by atoms with van der Waals surface area (Å²) in [4.78, 5) is 5.09. The highest BCUT2D eigenvalue weighted by atomic mass is 32.1. The number of hydrogen-bond acceptors (Lipinski definition) is 4. The summed E-state index contributed by atoms with van der Waals surface area (Å²) in [6.45, 7) is 0.397. The van der Waals surface area contributed by atoms with Crippen LogP contribution in [0.1, 0.15) is 21.1 Å². The molecule has 2 rings (SSSR count). The number of benzene rings is 1. The van der Waals surface area contributed by atoms with Gasteiger partial charge in [-0.05, 0) is 5.56 Å². The largest absolute Gasteiger partial charge is 0.378 e. The van der Waals surface area contributed by atoms with Crippen molar-refractivity contribution >= 4 is 11.3 Å². The van der Waals surface area contributed by atoms with E-state index in [0.717, 1.165) is 17.1 Å². The molecule has 4 heteroatoms. The summed E-state index contributed by atoms with van der Waals surface area (Å²) in [5.74, 6) is 0. The Bertz CT molecular complexity index is 528. The van der Waals surface area contributed by atoms with Crippen LogP contribution in [0.5, 0.6) is 0 Å². The van der Waals surface area contributed by atoms with Crippen LogP contribution in [0.25, 0.3) is 0 Å². The molecule has 0 amide bonds. The Morgan fingerprint density at radius 1 is 1.35 bits per heavy atom. The quantitative estimate of drug-likeness (QED) is 0.830. The Kier molecular flexibility index (Phi) is 3.86. The lowest BCUT2D eigenvalue weighted by molar-refractivity contribution is 0.181. The molecule has 3 nitrogen and oxygen atoms in total. The first-order valence-electron chi connectivity index (χ1n) is 5.25. The van der Waals surface area contributed by atoms with Crippen LogP contribution in [0.3, 0.4) is 0 Å². The Labute approximate surface area is 104 Å². The van der Waals surface area contributed by atoms with E-state index >= 15 is 0 Å². The van der Waals surface area contributed by atoms with E-state index in [0.29, 0.717) is 11.5 Å². The zero-order chi connectivity index (χ0) is 12.1. The van der Waals surface area contributed by atoms with Crippen LogP contribution in [-0.4, -0.2) is 12.1 Å². The number of thiazole rings is 1. The molecule has 0 fully saturated rings. The van der Waals surface area contributed by atoms with Crippen molar-refractivity contribution in [2.45, 2.75) is 13.0 Å². The van der Waals surface area contributed by atoms with E-state index in [1.54, 1.807) is 7.11 Å². The molecule has 1 aromatic heterocycles. The summed E-state index contributed by atoms with van der Waals surface area (Å²) >= 11 is 1.44. The maximum Gasteiger partial charge on any atom is 0.130 e. The van der Waals surface area contributed by atoms with E-state index in [1.807, 2.05) is 18.2 Å². The van der Waals surface area contributed by atoms with Gasteiger partial charge in [-0.3, -0.25) is 0 Å². The molecule has 0 aliphatic heterocycles. The zero-order valence-electron chi connectivity index (χ0n) is 9.51. The van der Waals surface area contributed by atoms with Crippen LogP contribution in [0.4, 0.5) is 0 Å². The second-order valence-corrected chi connectivity index (χ2v) is 4.67. The molecule has 0 aliphatic carbocycles. The highest BCUT2D eigenvalue weighted by Crippen LogP contribution is 2.21. The van der Waals surface area contributed by atoms with Gasteiger partial charge >= 0.3 is 0 Å². The molecule has 86 valence electrons. The Morgan fingerprint density at radius 3 is 2.76 bits per heavy atom. The summed E-state index contributed by atoms with van der Waals surface area (Å²) in [5, 5.41) is 9.95. The number of nitriles is 1. The average molecular weight is 244 g/mol. The molecule has 1 aromatic carbocycles. The van der Waals surface area contributed by atoms with Gasteiger partial charge in [0.15, 0.2) is 0 Å². The van der Waals surface area contributed by atoms with E-state index in [2.05, 4.69) is 23.2 Å². The van der Waals surface area contributed by atoms with Gasteiger partial charge in [-0.2, -0.15) is 5.26 Å². The third kappa shape index (κ3) is 2.90. The molecule has 1 heterocycles. The van der Waals surface area contributed by atoms with Gasteiger partial charge in [0.1, 0.15) is 10.9 Å². The zero-order valence-corrected chi connectivity index (χ0v) is 10.3. The highest BCUT2D eigenvalue weighted by Gasteiger charge is 2.10. The minimum Gasteiger partial charge on any atom is -0.378 e. The Hall–Kier alpha value is -1.70. The average Bonchev–Trinajstić information content (AvgIpc) is 2.73. The molecule has 2 aromatic rings. The molecule has 0 atom stereocenters. The number of rotatable bonds is 4. The van der Waals surface area contributed by atoms with E-state index in [9.17, 15) is 0 Å². The van der Waals surface area contributed by atoms with Gasteiger partial charge in [0.05, 0.1) is 17.3 Å². The maximum absolute atomic E-state index is 8.99. The molecule has 0 N–H and O–H groups in total. The molecular formula is C13H12N2OS. The fourth-order valence-corrected chi connectivity index (χ4v) is 2.47. The van der Waals surface area contributed by atoms with Crippen molar-refractivity contribution in [2.75, 3.05) is 7.11 Å². The minimum atomic E-state index is 0.397. The summed E-state index contributed by atoms with van der Waals surface area (Å²) < 4.78 is 5.03. The Morgan fingerprint density at radius 2 is 2.12 bits per heavy atom. The third-order valence-electron chi connectivity index (χ3n) is 2.32. The van der Waals surface area contributed by atoms with Gasteiger partial charge in [0.25, 0.3) is 0 Å². The van der Waals surface area contributed by atoms with Gasteiger partial charge in [-0.25, -0.2) is 4.98 Å². The summed E-state index contributed by atoms with van der Waals surface area (Å²) in [6, 6.07) is 12.3. The molecule has 0 spiro atoms. The predicted octanol–water partition coefficient (Wildman–Crippen LogP) is 2.75. The van der Waals surface area contributed by atoms with Gasteiger partial charge in [0.2, 0.25) is 0 Å². The first-order valence-corrected chi connectivity index (χ1v) is 6.06. The van der Waals surface area contributed by atoms with Crippen molar-refractivity contribution in [1.82, 2.24) is 4.98 Å². The molecule has 0 unspecified atom stereocenters. The maximum atomic E-state index is 8.99. The second-order valence-electron chi connectivity index (χ2n) is 3.59. The standard InChI is InChI=1S/C13H12N2OS/c1-16-9-11-12(8-14)17-13(15-11)7-10-5-3-2-4-6-10/h2-6H,7,9H2,1H3. The van der Waals surface area contributed by atoms with E-state index < -0.39 is 0 Å². The smallest absolute Gasteiger partial charge is 0.130 e. The number of aromatic nitrogens is 1. The number of nitrogens with zero attached hydrogens (tertiary/aromatic N) is 2. The topological polar surface area (TPSA) is 45.9 Å². The van der Waals surface area contributed by atoms with Gasteiger partial charge in [-0.15, -0.1) is 11.3 Å². The second kappa shape index (κ2) is 5.58. The van der Waals surface area contributed by atoms with E-state index in [1.165, 1.54) is 16.9 Å². The lowest BCUT2D eigenvalue weighted by atomic mass is 10.2. The third-order valence-corrected chi connectivity index (χ3v) is 3.32. The fourth-order valence-electron chi connectivity index (χ4n) is 1.57. The minimum absolute atomic E-state index is 0.397. The molecule has 0 radical (unpaired) electrons. The number of methoxy groups -OCH3 is 1. The van der Waals surface area contributed by atoms with E-state index in [-0.39, 0.29) is 0 Å². The molecule has 0 saturated carbocycles. The Balaban J connectivity index is 2.20. The van der Waals surface area contributed by atoms with Crippen LogP contribution in [0, 0.1) is 11.3 Å². The van der Waals surface area contributed by atoms with Crippen LogP contribution in [-0.2, 0) is 17.8 Å². The van der Waals surface area contributed by atoms with E-state index in [4.69, 9.17) is 10.00 Å². The number of hydrogen-bond donors (Lipinski definition) is 0. The molecule has 0 saturated heterocycles. The van der Waals surface area contributed by atoms with Crippen LogP contribution < -0.4 is 0 Å². The molecular weight excluding hydrogens is 232 g/mol. The van der Waals surface area contributed by atoms with Crippen molar-refractivity contribution in [3.05, 3.63) is 51.5 Å². The summed E-state index contributed by atoms with van der Waals surface area (Å²) in [7, 11) is 1.61. The van der Waals surface area contributed by atoms with Gasteiger partial charge in [-0.1, -0.05) is 30.3 Å². The van der Waals surface area contributed by atoms with Gasteiger partial charge in [0, 0.05) is 13.5 Å². The predicted molar refractivity (Wildman–Crippen MR) is 66.8 cm³/mol. The van der Waals surface area contributed by atoms with Crippen molar-refractivity contribution in [3.8, 4) is 6.07 Å². The van der Waals surface area contributed by atoms with Crippen LogP contribution in [0.2, 0.25) is 0 Å². The normalized spacial score (nSPS) is 10.1. The van der Waals surface area contributed by atoms with Crippen LogP contribution in [0.15, 0.2) is 30.3 Å². The lowest BCUT2D eigenvalue weighted by Gasteiger charge is -1.96. The summed E-state index contributed by atoms with van der Waals surface area (Å²) in [6.07, 6.45) is 0.768. The van der Waals surface area contributed by atoms with Crippen LogP contribution >= 0.6 is 11.3 Å². The summed E-state index contributed by atoms with van der Waals surface area (Å²) in [5.41, 5.74) is 1.95. The number of ether oxygens (including phenoxy) is 1. The highest BCUT2D eigenvalue weighted by molar-refractivity contribution is 7.12. The molecule has 0 bridgehead atoms. The fraction of sp³-hybridized carbons (Fsp3) is 0.231.